The Morgan fingerprint density at radius 1 is 1.28 bits per heavy atom. The molecule has 172 valence electrons. The van der Waals surface area contributed by atoms with Crippen LogP contribution in [0.4, 0.5) is 4.79 Å². The van der Waals surface area contributed by atoms with E-state index >= 15 is 0 Å². The highest BCUT2D eigenvalue weighted by Crippen LogP contribution is 2.26. The standard InChI is InChI=1S/C21H28N4O4.CO2/c1-6-14-17(10-11-22-20(26)29-21(3,4)5)28-19(24-14)16-12-27-18(25-16)15-9-7-8-13(2)23-15;2-1-3/h7-9,16H,6,10-12H2,1-5H3,(H,22,26);. The van der Waals surface area contributed by atoms with E-state index in [1.165, 1.54) is 0 Å². The fraction of sp³-hybridized carbons (Fsp3) is 0.500. The van der Waals surface area contributed by atoms with Gasteiger partial charge in [-0.05, 0) is 46.2 Å². The number of aryl methyl sites for hydroxylation is 2. The molecule has 10 nitrogen and oxygen atoms in total. The first-order chi connectivity index (χ1) is 15.2. The van der Waals surface area contributed by atoms with Crippen LogP contribution in [-0.2, 0) is 31.9 Å². The highest BCUT2D eigenvalue weighted by molar-refractivity contribution is 5.93. The number of aromatic nitrogens is 2. The number of oxazole rings is 1. The molecule has 0 spiro atoms. The van der Waals surface area contributed by atoms with Gasteiger partial charge in [-0.1, -0.05) is 13.0 Å². The van der Waals surface area contributed by atoms with Gasteiger partial charge in [0.1, 0.15) is 23.7 Å². The summed E-state index contributed by atoms with van der Waals surface area (Å²) in [5.41, 5.74) is 1.95. The second kappa shape index (κ2) is 11.2. The Morgan fingerprint density at radius 3 is 2.62 bits per heavy atom. The molecule has 1 aliphatic heterocycles. The molecule has 0 fully saturated rings. The molecule has 32 heavy (non-hydrogen) atoms. The third-order valence-electron chi connectivity index (χ3n) is 4.19. The lowest BCUT2D eigenvalue weighted by atomic mass is 10.2. The van der Waals surface area contributed by atoms with Gasteiger partial charge in [-0.15, -0.1) is 0 Å². The van der Waals surface area contributed by atoms with Crippen molar-refractivity contribution in [3.63, 3.8) is 0 Å². The van der Waals surface area contributed by atoms with Gasteiger partial charge in [0.15, 0.2) is 6.04 Å². The Kier molecular flexibility index (Phi) is 8.66. The quantitative estimate of drug-likeness (QED) is 0.719. The van der Waals surface area contributed by atoms with E-state index in [4.69, 9.17) is 23.5 Å². The van der Waals surface area contributed by atoms with Gasteiger partial charge in [0.25, 0.3) is 0 Å². The number of carbonyl (C=O) groups is 1. The Balaban J connectivity index is 0.00000114. The van der Waals surface area contributed by atoms with E-state index in [1.54, 1.807) is 0 Å². The normalized spacial score (nSPS) is 15.0. The molecule has 0 aromatic carbocycles. The number of pyridine rings is 1. The average Bonchev–Trinajstić information content (AvgIpc) is 3.34. The van der Waals surface area contributed by atoms with E-state index in [0.717, 1.165) is 23.6 Å². The summed E-state index contributed by atoms with van der Waals surface area (Å²) in [6.07, 6.45) is 1.06. The number of alkyl carbamates (subject to hydrolysis) is 1. The van der Waals surface area contributed by atoms with Crippen LogP contribution in [0.3, 0.4) is 0 Å². The number of nitrogens with one attached hydrogen (secondary N) is 1. The summed E-state index contributed by atoms with van der Waals surface area (Å²) in [5, 5.41) is 2.74. The molecular weight excluding hydrogens is 416 g/mol. The Labute approximate surface area is 186 Å². The predicted molar refractivity (Wildman–Crippen MR) is 113 cm³/mol. The summed E-state index contributed by atoms with van der Waals surface area (Å²) >= 11 is 0. The Hall–Kier alpha value is -3.52. The van der Waals surface area contributed by atoms with Crippen molar-refractivity contribution in [3.8, 4) is 0 Å². The van der Waals surface area contributed by atoms with Gasteiger partial charge in [-0.3, -0.25) is 0 Å². The second-order valence-electron chi connectivity index (χ2n) is 7.96. The zero-order valence-electron chi connectivity index (χ0n) is 18.9. The molecule has 0 saturated heterocycles. The van der Waals surface area contributed by atoms with E-state index in [9.17, 15) is 4.79 Å². The first-order valence-corrected chi connectivity index (χ1v) is 10.3. The van der Waals surface area contributed by atoms with Crippen molar-refractivity contribution >= 4 is 18.1 Å². The maximum Gasteiger partial charge on any atom is 0.407 e. The summed E-state index contributed by atoms with van der Waals surface area (Å²) in [6.45, 7) is 10.2. The Morgan fingerprint density at radius 2 is 2.00 bits per heavy atom. The van der Waals surface area contributed by atoms with Crippen LogP contribution in [0.15, 0.2) is 27.6 Å². The fourth-order valence-corrected chi connectivity index (χ4v) is 2.91. The highest BCUT2D eigenvalue weighted by Gasteiger charge is 2.28. The maximum absolute atomic E-state index is 11.8. The van der Waals surface area contributed by atoms with Gasteiger partial charge in [0.05, 0.1) is 5.69 Å². The summed E-state index contributed by atoms with van der Waals surface area (Å²) in [7, 11) is 0. The van der Waals surface area contributed by atoms with Gasteiger partial charge in [-0.25, -0.2) is 19.8 Å². The van der Waals surface area contributed by atoms with Crippen LogP contribution < -0.4 is 5.32 Å². The minimum atomic E-state index is -0.525. The number of nitrogens with zero attached hydrogens (tertiary/aromatic N) is 3. The predicted octanol–water partition coefficient (Wildman–Crippen LogP) is 2.94. The largest absolute Gasteiger partial charge is 0.474 e. The van der Waals surface area contributed by atoms with E-state index in [0.29, 0.717) is 37.1 Å². The van der Waals surface area contributed by atoms with Crippen molar-refractivity contribution in [1.29, 1.82) is 0 Å². The summed E-state index contributed by atoms with van der Waals surface area (Å²) < 4.78 is 16.9. The molecular formula is C22H28N4O6. The van der Waals surface area contributed by atoms with Crippen LogP contribution in [-0.4, -0.2) is 46.9 Å². The number of hydrogen-bond acceptors (Lipinski definition) is 9. The fourth-order valence-electron chi connectivity index (χ4n) is 2.91. The van der Waals surface area contributed by atoms with Crippen LogP contribution >= 0.6 is 0 Å². The van der Waals surface area contributed by atoms with E-state index in [1.807, 2.05) is 52.8 Å². The molecule has 10 heteroatoms. The molecule has 0 saturated carbocycles. The number of carbonyl (C=O) groups excluding carboxylic acids is 3. The lowest BCUT2D eigenvalue weighted by molar-refractivity contribution is -0.191. The van der Waals surface area contributed by atoms with Crippen molar-refractivity contribution in [1.82, 2.24) is 15.3 Å². The third-order valence-corrected chi connectivity index (χ3v) is 4.19. The van der Waals surface area contributed by atoms with Crippen LogP contribution in [0, 0.1) is 6.92 Å². The first kappa shape index (κ1) is 24.7. The molecule has 1 atom stereocenters. The summed E-state index contributed by atoms with van der Waals surface area (Å²) in [5.74, 6) is 1.77. The smallest absolute Gasteiger partial charge is 0.407 e. The minimum Gasteiger partial charge on any atom is -0.474 e. The third kappa shape index (κ3) is 7.31. The number of rotatable bonds is 6. The lowest BCUT2D eigenvalue weighted by Gasteiger charge is -2.19. The zero-order chi connectivity index (χ0) is 23.7. The topological polar surface area (TPSA) is 133 Å². The van der Waals surface area contributed by atoms with E-state index < -0.39 is 11.7 Å². The summed E-state index contributed by atoms with van der Waals surface area (Å²) in [6, 6.07) is 5.42. The molecule has 3 heterocycles. The number of hydrogen-bond donors (Lipinski definition) is 1. The van der Waals surface area contributed by atoms with Crippen LogP contribution in [0.5, 0.6) is 0 Å². The Bertz CT molecular complexity index is 987. The van der Waals surface area contributed by atoms with Crippen molar-refractivity contribution < 1.29 is 28.3 Å². The molecule has 3 rings (SSSR count). The molecule has 2 aromatic heterocycles. The van der Waals surface area contributed by atoms with Crippen LogP contribution in [0.2, 0.25) is 0 Å². The molecule has 0 bridgehead atoms. The number of aliphatic imine (C=N–C) groups is 1. The van der Waals surface area contributed by atoms with Gasteiger partial charge in [0.2, 0.25) is 11.8 Å². The number of ether oxygens (including phenoxy) is 2. The molecule has 0 aliphatic carbocycles. The lowest BCUT2D eigenvalue weighted by Crippen LogP contribution is -2.33. The van der Waals surface area contributed by atoms with Crippen LogP contribution in [0.25, 0.3) is 0 Å². The van der Waals surface area contributed by atoms with E-state index in [-0.39, 0.29) is 12.2 Å². The molecule has 1 amide bonds. The summed E-state index contributed by atoms with van der Waals surface area (Å²) in [4.78, 5) is 41.7. The van der Waals surface area contributed by atoms with Crippen molar-refractivity contribution in [2.45, 2.75) is 59.1 Å². The zero-order valence-corrected chi connectivity index (χ0v) is 18.9. The van der Waals surface area contributed by atoms with Gasteiger partial charge in [0, 0.05) is 18.7 Å². The molecule has 1 N–H and O–H groups in total. The number of amides is 1. The van der Waals surface area contributed by atoms with Crippen molar-refractivity contribution in [2.24, 2.45) is 4.99 Å². The van der Waals surface area contributed by atoms with E-state index in [2.05, 4.69) is 20.3 Å². The molecule has 0 radical (unpaired) electrons. The highest BCUT2D eigenvalue weighted by atomic mass is 16.6. The molecule has 2 aromatic rings. The minimum absolute atomic E-state index is 0.250. The van der Waals surface area contributed by atoms with Gasteiger partial charge < -0.3 is 19.2 Å². The van der Waals surface area contributed by atoms with Crippen molar-refractivity contribution in [3.05, 3.63) is 46.9 Å². The van der Waals surface area contributed by atoms with Gasteiger partial charge in [-0.2, -0.15) is 9.59 Å². The first-order valence-electron chi connectivity index (χ1n) is 10.3. The SMILES string of the molecule is CCc1nc(C2COC(c3cccc(C)n3)=N2)oc1CCNC(=O)OC(C)(C)C.O=C=O. The molecule has 1 unspecified atom stereocenters. The van der Waals surface area contributed by atoms with Gasteiger partial charge >= 0.3 is 12.2 Å². The average molecular weight is 444 g/mol. The van der Waals surface area contributed by atoms with Crippen LogP contribution in [0.1, 0.15) is 62.5 Å². The second-order valence-corrected chi connectivity index (χ2v) is 7.96. The monoisotopic (exact) mass is 444 g/mol. The molecule has 1 aliphatic rings. The maximum atomic E-state index is 11.8. The van der Waals surface area contributed by atoms with Crippen molar-refractivity contribution in [2.75, 3.05) is 13.2 Å².